The standard InChI is InChI=1S/C27H29N7O2/c1-17-11-21(17)26(35)31-23-12-22-19(14-30-25(28-2)24(22)33-32-23)4-6-20-5-3-18(13-29-20)15-34-9-7-27(34)8-10-36-16-27/h3,5,12-14,17,21H,7-11,15-16H2,1-2H3,(H,28,30)(H,31,32,35)/t17-,21+,27?/m1/s1/i2D3. The molecule has 3 aromatic rings. The van der Waals surface area contributed by atoms with Gasteiger partial charge in [0.25, 0.3) is 0 Å². The van der Waals surface area contributed by atoms with Gasteiger partial charge in [-0.1, -0.05) is 18.9 Å². The highest BCUT2D eigenvalue weighted by atomic mass is 16.5. The van der Waals surface area contributed by atoms with Gasteiger partial charge >= 0.3 is 0 Å². The van der Waals surface area contributed by atoms with Crippen LogP contribution in [0.3, 0.4) is 0 Å². The van der Waals surface area contributed by atoms with Crippen LogP contribution in [0, 0.1) is 23.7 Å². The van der Waals surface area contributed by atoms with E-state index in [0.29, 0.717) is 22.6 Å². The molecule has 3 aromatic heterocycles. The van der Waals surface area contributed by atoms with E-state index in [1.165, 1.54) is 12.6 Å². The van der Waals surface area contributed by atoms with Crippen LogP contribution in [0.4, 0.5) is 11.6 Å². The lowest BCUT2D eigenvalue weighted by Gasteiger charge is -2.50. The number of aromatic nitrogens is 4. The van der Waals surface area contributed by atoms with Crippen molar-refractivity contribution in [2.75, 3.05) is 37.4 Å². The van der Waals surface area contributed by atoms with Crippen molar-refractivity contribution in [3.8, 4) is 11.8 Å². The predicted octanol–water partition coefficient (Wildman–Crippen LogP) is 2.82. The van der Waals surface area contributed by atoms with Gasteiger partial charge < -0.3 is 15.4 Å². The third-order valence-electron chi connectivity index (χ3n) is 7.57. The van der Waals surface area contributed by atoms with Gasteiger partial charge in [0, 0.05) is 60.0 Å². The number of rotatable bonds is 5. The summed E-state index contributed by atoms with van der Waals surface area (Å²) >= 11 is 0. The maximum absolute atomic E-state index is 12.4. The highest BCUT2D eigenvalue weighted by Gasteiger charge is 2.47. The molecule has 3 atom stereocenters. The van der Waals surface area contributed by atoms with E-state index in [0.717, 1.165) is 44.7 Å². The molecule has 1 aliphatic carbocycles. The molecule has 1 spiro atoms. The Labute approximate surface area is 214 Å². The van der Waals surface area contributed by atoms with Gasteiger partial charge in [0.05, 0.1) is 12.2 Å². The van der Waals surface area contributed by atoms with E-state index in [9.17, 15) is 4.79 Å². The Morgan fingerprint density at radius 2 is 2.19 bits per heavy atom. The molecule has 9 heteroatoms. The van der Waals surface area contributed by atoms with Crippen LogP contribution in [0.25, 0.3) is 10.9 Å². The van der Waals surface area contributed by atoms with E-state index in [-0.39, 0.29) is 34.5 Å². The van der Waals surface area contributed by atoms with Crippen LogP contribution >= 0.6 is 0 Å². The van der Waals surface area contributed by atoms with E-state index in [1.54, 1.807) is 6.07 Å². The first kappa shape index (κ1) is 19.6. The Kier molecular flexibility index (Phi) is 4.95. The number of amides is 1. The summed E-state index contributed by atoms with van der Waals surface area (Å²) in [4.78, 5) is 23.7. The van der Waals surface area contributed by atoms with Crippen LogP contribution in [0.15, 0.2) is 30.6 Å². The quantitative estimate of drug-likeness (QED) is 0.531. The molecular weight excluding hydrogens is 454 g/mol. The lowest BCUT2D eigenvalue weighted by molar-refractivity contribution is -0.117. The summed E-state index contributed by atoms with van der Waals surface area (Å²) in [6, 6.07) is 5.58. The van der Waals surface area contributed by atoms with Crippen molar-refractivity contribution in [1.82, 2.24) is 25.1 Å². The molecule has 1 amide bonds. The van der Waals surface area contributed by atoms with Crippen LogP contribution in [0.2, 0.25) is 0 Å². The van der Waals surface area contributed by atoms with E-state index >= 15 is 0 Å². The number of fused-ring (bicyclic) bond motifs is 1. The molecule has 5 heterocycles. The predicted molar refractivity (Wildman–Crippen MR) is 136 cm³/mol. The lowest BCUT2D eigenvalue weighted by atomic mass is 9.83. The number of likely N-dealkylation sites (tertiary alicyclic amines) is 1. The molecular formula is C27H29N7O2. The average molecular weight is 487 g/mol. The molecule has 2 N–H and O–H groups in total. The molecule has 2 saturated heterocycles. The summed E-state index contributed by atoms with van der Waals surface area (Å²) in [5.41, 5.74) is 2.68. The molecule has 1 saturated carbocycles. The van der Waals surface area contributed by atoms with Crippen molar-refractivity contribution in [2.24, 2.45) is 11.8 Å². The number of nitrogens with zero attached hydrogens (tertiary/aromatic N) is 5. The first-order valence-electron chi connectivity index (χ1n) is 13.7. The van der Waals surface area contributed by atoms with Crippen LogP contribution in [0.5, 0.6) is 0 Å². The number of ether oxygens (including phenoxy) is 1. The van der Waals surface area contributed by atoms with E-state index in [2.05, 4.69) is 47.5 Å². The lowest BCUT2D eigenvalue weighted by Crippen LogP contribution is -2.59. The van der Waals surface area contributed by atoms with Crippen molar-refractivity contribution in [1.29, 1.82) is 0 Å². The summed E-state index contributed by atoms with van der Waals surface area (Å²) in [5, 5.41) is 14.0. The second-order valence-corrected chi connectivity index (χ2v) is 9.95. The van der Waals surface area contributed by atoms with Crippen molar-refractivity contribution in [3.05, 3.63) is 47.4 Å². The van der Waals surface area contributed by atoms with Crippen LogP contribution in [0.1, 0.15) is 47.1 Å². The van der Waals surface area contributed by atoms with Gasteiger partial charge in [-0.05, 0) is 48.8 Å². The van der Waals surface area contributed by atoms with Gasteiger partial charge in [-0.3, -0.25) is 9.69 Å². The Morgan fingerprint density at radius 1 is 1.28 bits per heavy atom. The minimum Gasteiger partial charge on any atom is -0.379 e. The second kappa shape index (κ2) is 9.12. The molecule has 0 radical (unpaired) electrons. The van der Waals surface area contributed by atoms with Gasteiger partial charge in [0.2, 0.25) is 5.91 Å². The van der Waals surface area contributed by atoms with Crippen LogP contribution < -0.4 is 10.6 Å². The molecule has 3 fully saturated rings. The average Bonchev–Trinajstić information content (AvgIpc) is 3.41. The zero-order valence-corrected chi connectivity index (χ0v) is 20.0. The second-order valence-electron chi connectivity index (χ2n) is 9.95. The van der Waals surface area contributed by atoms with Crippen LogP contribution in [-0.2, 0) is 16.1 Å². The Bertz CT molecular complexity index is 1480. The molecule has 184 valence electrons. The largest absolute Gasteiger partial charge is 0.379 e. The number of anilines is 2. The first-order valence-corrected chi connectivity index (χ1v) is 12.2. The zero-order chi connectivity index (χ0) is 27.2. The number of carbonyl (C=O) groups excluding carboxylic acids is 1. The zero-order valence-electron chi connectivity index (χ0n) is 23.0. The van der Waals surface area contributed by atoms with Gasteiger partial charge in [0.1, 0.15) is 11.2 Å². The molecule has 3 aliphatic rings. The molecule has 1 unspecified atom stereocenters. The summed E-state index contributed by atoms with van der Waals surface area (Å²) in [7, 11) is 0. The summed E-state index contributed by atoms with van der Waals surface area (Å²) in [5.74, 6) is 6.72. The summed E-state index contributed by atoms with van der Waals surface area (Å²) in [6.45, 7) is 3.11. The van der Waals surface area contributed by atoms with Crippen LogP contribution in [-0.4, -0.2) is 63.2 Å². The third-order valence-corrected chi connectivity index (χ3v) is 7.57. The van der Waals surface area contributed by atoms with Crippen molar-refractivity contribution in [2.45, 2.75) is 38.3 Å². The maximum Gasteiger partial charge on any atom is 0.228 e. The maximum atomic E-state index is 12.4. The van der Waals surface area contributed by atoms with Gasteiger partial charge in [-0.2, -0.15) is 0 Å². The third kappa shape index (κ3) is 4.27. The molecule has 6 rings (SSSR count). The van der Waals surface area contributed by atoms with E-state index in [1.807, 2.05) is 25.3 Å². The Hall–Kier alpha value is -3.61. The van der Waals surface area contributed by atoms with Crippen molar-refractivity contribution < 1.29 is 13.6 Å². The Balaban J connectivity index is 1.25. The number of hydrogen-bond acceptors (Lipinski definition) is 8. The van der Waals surface area contributed by atoms with Gasteiger partial charge in [-0.25, -0.2) is 9.97 Å². The van der Waals surface area contributed by atoms with Gasteiger partial charge in [0.15, 0.2) is 11.6 Å². The van der Waals surface area contributed by atoms with Gasteiger partial charge in [-0.15, -0.1) is 10.2 Å². The molecule has 0 aromatic carbocycles. The number of nitrogens with one attached hydrogen (secondary N) is 2. The van der Waals surface area contributed by atoms with Crippen molar-refractivity contribution >= 4 is 28.4 Å². The minimum atomic E-state index is -2.46. The summed E-state index contributed by atoms with van der Waals surface area (Å²) in [6.07, 6.45) is 6.45. The first-order chi connectivity index (χ1) is 18.7. The topological polar surface area (TPSA) is 105 Å². The fourth-order valence-electron chi connectivity index (χ4n) is 5.01. The number of carbonyl (C=O) groups is 1. The van der Waals surface area contributed by atoms with Crippen molar-refractivity contribution in [3.63, 3.8) is 0 Å². The molecule has 0 bridgehead atoms. The summed E-state index contributed by atoms with van der Waals surface area (Å²) < 4.78 is 28.3. The fraction of sp³-hybridized carbons (Fsp3) is 0.444. The molecule has 2 aliphatic heterocycles. The minimum absolute atomic E-state index is 0.0286. The smallest absolute Gasteiger partial charge is 0.228 e. The number of pyridine rings is 2. The fourth-order valence-corrected chi connectivity index (χ4v) is 5.01. The van der Waals surface area contributed by atoms with E-state index in [4.69, 9.17) is 8.85 Å². The molecule has 36 heavy (non-hydrogen) atoms. The highest BCUT2D eigenvalue weighted by Crippen LogP contribution is 2.39. The monoisotopic (exact) mass is 486 g/mol. The highest BCUT2D eigenvalue weighted by molar-refractivity contribution is 5.97. The van der Waals surface area contributed by atoms with E-state index < -0.39 is 6.98 Å². The normalized spacial score (nSPS) is 26.3. The Morgan fingerprint density at radius 3 is 2.89 bits per heavy atom. The number of hydrogen-bond donors (Lipinski definition) is 2. The molecule has 9 nitrogen and oxygen atoms in total. The SMILES string of the molecule is [2H]C([2H])([2H])Nc1ncc(C#Cc2ccc(CN3CCC34CCOC4)cn2)c2cc(NC(=O)[C@H]3C[C@H]3C)nnc12.